The fourth-order valence-electron chi connectivity index (χ4n) is 2.22. The summed E-state index contributed by atoms with van der Waals surface area (Å²) >= 11 is 0. The number of ether oxygens (including phenoxy) is 2. The highest BCUT2D eigenvalue weighted by molar-refractivity contribution is 7.92. The van der Waals surface area contributed by atoms with Crippen molar-refractivity contribution in [1.82, 2.24) is 5.32 Å². The second-order valence-corrected chi connectivity index (χ2v) is 8.32. The number of nitrogens with zero attached hydrogens (tertiary/aromatic N) is 1. The fraction of sp³-hybridized carbons (Fsp3) is 0.588. The summed E-state index contributed by atoms with van der Waals surface area (Å²) in [7, 11) is 0.812. The summed E-state index contributed by atoms with van der Waals surface area (Å²) in [4.78, 5) is 12.6. The molecule has 142 valence electrons. The number of rotatable bonds is 9. The lowest BCUT2D eigenvalue weighted by molar-refractivity contribution is 0.0952. The van der Waals surface area contributed by atoms with E-state index in [1.54, 1.807) is 6.92 Å². The van der Waals surface area contributed by atoms with Gasteiger partial charge in [-0.05, 0) is 25.3 Å². The van der Waals surface area contributed by atoms with Crippen molar-refractivity contribution < 1.29 is 22.7 Å². The van der Waals surface area contributed by atoms with Crippen LogP contribution in [0.4, 0.5) is 5.69 Å². The van der Waals surface area contributed by atoms with Gasteiger partial charge in [-0.25, -0.2) is 8.42 Å². The molecule has 0 aliphatic heterocycles. The maximum absolute atomic E-state index is 12.6. The predicted molar refractivity (Wildman–Crippen MR) is 99.2 cm³/mol. The quantitative estimate of drug-likeness (QED) is 0.719. The van der Waals surface area contributed by atoms with E-state index in [4.69, 9.17) is 9.47 Å². The van der Waals surface area contributed by atoms with Gasteiger partial charge in [-0.1, -0.05) is 13.8 Å². The Labute approximate surface area is 150 Å². The normalized spacial score (nSPS) is 11.3. The number of hydrogen-bond acceptors (Lipinski definition) is 5. The summed E-state index contributed by atoms with van der Waals surface area (Å²) in [6, 6.07) is 3.00. The molecular weight excluding hydrogens is 344 g/mol. The van der Waals surface area contributed by atoms with E-state index in [1.165, 1.54) is 33.4 Å². The molecule has 0 atom stereocenters. The SMILES string of the molecule is CCS(=O)(=O)N(C)c1cc(OC)c(OC)cc1C(=O)NCCC(C)C. The maximum Gasteiger partial charge on any atom is 0.253 e. The highest BCUT2D eigenvalue weighted by Crippen LogP contribution is 2.35. The number of sulfonamides is 1. The van der Waals surface area contributed by atoms with Crippen molar-refractivity contribution in [1.29, 1.82) is 0 Å². The van der Waals surface area contributed by atoms with E-state index < -0.39 is 10.0 Å². The van der Waals surface area contributed by atoms with Gasteiger partial charge in [-0.3, -0.25) is 9.10 Å². The second-order valence-electron chi connectivity index (χ2n) is 6.03. The first kappa shape index (κ1) is 21.1. The molecule has 1 N–H and O–H groups in total. The van der Waals surface area contributed by atoms with Crippen LogP contribution in [-0.2, 0) is 10.0 Å². The first-order valence-electron chi connectivity index (χ1n) is 8.18. The summed E-state index contributed by atoms with van der Waals surface area (Å²) in [6.07, 6.45) is 0.831. The molecular formula is C17H28N2O5S. The van der Waals surface area contributed by atoms with E-state index in [1.807, 2.05) is 0 Å². The van der Waals surface area contributed by atoms with Crippen LogP contribution in [0.2, 0.25) is 0 Å². The van der Waals surface area contributed by atoms with Crippen LogP contribution in [0.1, 0.15) is 37.6 Å². The van der Waals surface area contributed by atoms with E-state index in [2.05, 4.69) is 19.2 Å². The number of carbonyl (C=O) groups excluding carboxylic acids is 1. The molecule has 0 saturated carbocycles. The molecule has 0 heterocycles. The van der Waals surface area contributed by atoms with Crippen molar-refractivity contribution in [2.45, 2.75) is 27.2 Å². The molecule has 0 unspecified atom stereocenters. The first-order valence-corrected chi connectivity index (χ1v) is 9.79. The van der Waals surface area contributed by atoms with Crippen molar-refractivity contribution in [3.05, 3.63) is 17.7 Å². The molecule has 0 aliphatic carbocycles. The number of hydrogen-bond donors (Lipinski definition) is 1. The van der Waals surface area contributed by atoms with Crippen molar-refractivity contribution in [2.24, 2.45) is 5.92 Å². The monoisotopic (exact) mass is 372 g/mol. The van der Waals surface area contributed by atoms with Crippen molar-refractivity contribution in [3.63, 3.8) is 0 Å². The third-order valence-electron chi connectivity index (χ3n) is 3.88. The van der Waals surface area contributed by atoms with Gasteiger partial charge in [0.15, 0.2) is 11.5 Å². The van der Waals surface area contributed by atoms with Crippen LogP contribution in [0.3, 0.4) is 0 Å². The molecule has 0 aromatic heterocycles. The van der Waals surface area contributed by atoms with Gasteiger partial charge in [-0.15, -0.1) is 0 Å². The van der Waals surface area contributed by atoms with Crippen LogP contribution >= 0.6 is 0 Å². The zero-order valence-electron chi connectivity index (χ0n) is 15.8. The van der Waals surface area contributed by atoms with Crippen LogP contribution in [0, 0.1) is 5.92 Å². The summed E-state index contributed by atoms with van der Waals surface area (Å²) < 4.78 is 36.1. The molecule has 1 aromatic carbocycles. The number of methoxy groups -OCH3 is 2. The van der Waals surface area contributed by atoms with Gasteiger partial charge >= 0.3 is 0 Å². The topological polar surface area (TPSA) is 84.9 Å². The van der Waals surface area contributed by atoms with Gasteiger partial charge in [-0.2, -0.15) is 0 Å². The molecule has 0 radical (unpaired) electrons. The van der Waals surface area contributed by atoms with Crippen LogP contribution in [-0.4, -0.2) is 47.9 Å². The lowest BCUT2D eigenvalue weighted by Gasteiger charge is -2.23. The number of anilines is 1. The Hall–Kier alpha value is -1.96. The molecule has 0 saturated heterocycles. The highest BCUT2D eigenvalue weighted by atomic mass is 32.2. The average molecular weight is 372 g/mol. The average Bonchev–Trinajstić information content (AvgIpc) is 2.59. The molecule has 1 aromatic rings. The van der Waals surface area contributed by atoms with Crippen LogP contribution < -0.4 is 19.1 Å². The highest BCUT2D eigenvalue weighted by Gasteiger charge is 2.24. The zero-order valence-corrected chi connectivity index (χ0v) is 16.6. The van der Waals surface area contributed by atoms with Gasteiger partial charge in [0.25, 0.3) is 5.91 Å². The largest absolute Gasteiger partial charge is 0.493 e. The van der Waals surface area contributed by atoms with E-state index in [9.17, 15) is 13.2 Å². The fourth-order valence-corrected chi connectivity index (χ4v) is 3.06. The Morgan fingerprint density at radius 2 is 1.76 bits per heavy atom. The minimum Gasteiger partial charge on any atom is -0.493 e. The first-order chi connectivity index (χ1) is 11.7. The van der Waals surface area contributed by atoms with Crippen molar-refractivity contribution >= 4 is 21.6 Å². The smallest absolute Gasteiger partial charge is 0.253 e. The van der Waals surface area contributed by atoms with Crippen LogP contribution in [0.5, 0.6) is 11.5 Å². The van der Waals surface area contributed by atoms with Gasteiger partial charge in [0, 0.05) is 19.7 Å². The molecule has 1 rings (SSSR count). The predicted octanol–water partition coefficient (Wildman–Crippen LogP) is 2.27. The second kappa shape index (κ2) is 8.94. The molecule has 0 aliphatic rings. The Kier molecular flexibility index (Phi) is 7.54. The number of carbonyl (C=O) groups is 1. The molecule has 0 bridgehead atoms. The van der Waals surface area contributed by atoms with Crippen LogP contribution in [0.15, 0.2) is 12.1 Å². The lowest BCUT2D eigenvalue weighted by atomic mass is 10.1. The van der Waals surface area contributed by atoms with Crippen molar-refractivity contribution in [3.8, 4) is 11.5 Å². The van der Waals surface area contributed by atoms with E-state index in [0.717, 1.165) is 10.7 Å². The molecule has 1 amide bonds. The van der Waals surface area contributed by atoms with Crippen LogP contribution in [0.25, 0.3) is 0 Å². The maximum atomic E-state index is 12.6. The lowest BCUT2D eigenvalue weighted by Crippen LogP contribution is -2.32. The molecule has 8 heteroatoms. The van der Waals surface area contributed by atoms with E-state index in [-0.39, 0.29) is 22.9 Å². The van der Waals surface area contributed by atoms with Gasteiger partial charge in [0.2, 0.25) is 10.0 Å². The molecule has 0 fully saturated rings. The van der Waals surface area contributed by atoms with Gasteiger partial charge in [0.1, 0.15) is 0 Å². The Balaban J connectivity index is 3.34. The Morgan fingerprint density at radius 3 is 2.24 bits per heavy atom. The summed E-state index contributed by atoms with van der Waals surface area (Å²) in [5.41, 5.74) is 0.475. The van der Waals surface area contributed by atoms with Gasteiger partial charge < -0.3 is 14.8 Å². The standard InChI is InChI=1S/C17H28N2O5S/c1-7-25(21,22)19(4)14-11-16(24-6)15(23-5)10-13(14)17(20)18-9-8-12(2)3/h10-12H,7-9H2,1-6H3,(H,18,20). The number of nitrogens with one attached hydrogen (secondary N) is 1. The third kappa shape index (κ3) is 5.26. The van der Waals surface area contributed by atoms with Crippen molar-refractivity contribution in [2.75, 3.05) is 37.9 Å². The summed E-state index contributed by atoms with van der Waals surface area (Å²) in [5, 5.41) is 2.83. The number of amides is 1. The Bertz CT molecular complexity index is 701. The molecule has 25 heavy (non-hydrogen) atoms. The minimum absolute atomic E-state index is 0.0771. The van der Waals surface area contributed by atoms with E-state index in [0.29, 0.717) is 24.0 Å². The summed E-state index contributed by atoms with van der Waals surface area (Å²) in [6.45, 7) is 6.19. The zero-order chi connectivity index (χ0) is 19.2. The minimum atomic E-state index is -3.53. The molecule has 0 spiro atoms. The van der Waals surface area contributed by atoms with Gasteiger partial charge in [0.05, 0.1) is 31.2 Å². The summed E-state index contributed by atoms with van der Waals surface area (Å²) in [5.74, 6) is 0.742. The number of benzene rings is 1. The molecule has 7 nitrogen and oxygen atoms in total. The van der Waals surface area contributed by atoms with E-state index >= 15 is 0 Å². The Morgan fingerprint density at radius 1 is 1.20 bits per heavy atom. The third-order valence-corrected chi connectivity index (χ3v) is 5.64.